The monoisotopic (exact) mass is 445 g/mol. The molecule has 170 valence electrons. The van der Waals surface area contributed by atoms with E-state index in [0.29, 0.717) is 31.1 Å². The second kappa shape index (κ2) is 9.90. The lowest BCUT2D eigenvalue weighted by atomic mass is 9.99. The molecular weight excluding hydrogens is 418 g/mol. The van der Waals surface area contributed by atoms with Crippen molar-refractivity contribution < 1.29 is 23.8 Å². The van der Waals surface area contributed by atoms with Gasteiger partial charge in [-0.1, -0.05) is 30.3 Å². The molecule has 4 rings (SSSR count). The Morgan fingerprint density at radius 2 is 1.88 bits per heavy atom. The van der Waals surface area contributed by atoms with Crippen LogP contribution in [0.5, 0.6) is 5.75 Å². The van der Waals surface area contributed by atoms with E-state index in [1.54, 1.807) is 13.2 Å². The molecule has 0 aliphatic carbocycles. The summed E-state index contributed by atoms with van der Waals surface area (Å²) in [7, 11) is 1.63. The number of carbonyl (C=O) groups is 1. The highest BCUT2D eigenvalue weighted by atomic mass is 16.5. The number of ether oxygens (including phenoxy) is 2. The molecule has 0 fully saturated rings. The zero-order chi connectivity index (χ0) is 23.4. The summed E-state index contributed by atoms with van der Waals surface area (Å²) in [6.45, 7) is 3.08. The van der Waals surface area contributed by atoms with Gasteiger partial charge in [-0.2, -0.15) is 0 Å². The second-order valence-corrected chi connectivity index (χ2v) is 8.08. The minimum atomic E-state index is -0.892. The molecule has 1 heterocycles. The molecule has 33 heavy (non-hydrogen) atoms. The maximum absolute atomic E-state index is 11.3. The summed E-state index contributed by atoms with van der Waals surface area (Å²) in [6.07, 6.45) is -0.0894. The fourth-order valence-electron chi connectivity index (χ4n) is 3.91. The highest BCUT2D eigenvalue weighted by molar-refractivity contribution is 5.93. The van der Waals surface area contributed by atoms with Crippen LogP contribution in [0, 0.1) is 6.92 Å². The Labute approximate surface area is 192 Å². The molecule has 0 radical (unpaired) electrons. The molecule has 3 N–H and O–H groups in total. The Kier molecular flexibility index (Phi) is 6.77. The van der Waals surface area contributed by atoms with Gasteiger partial charge in [0, 0.05) is 30.2 Å². The van der Waals surface area contributed by atoms with Crippen LogP contribution in [0.2, 0.25) is 0 Å². The Morgan fingerprint density at radius 3 is 2.64 bits per heavy atom. The van der Waals surface area contributed by atoms with E-state index in [0.717, 1.165) is 44.5 Å². The molecule has 0 saturated heterocycles. The highest BCUT2D eigenvalue weighted by Crippen LogP contribution is 2.34. The smallest absolute Gasteiger partial charge is 0.307 e. The number of carboxylic acids is 1. The number of hydrogen-bond donors (Lipinski definition) is 2. The van der Waals surface area contributed by atoms with E-state index < -0.39 is 5.97 Å². The Hall–Kier alpha value is -3.61. The standard InChI is InChI=1S/C27H27NO5/c1-17-6-7-21(13-26(29)30)25(8-17)32-15-19-10-22-12-23(16-31-2)33-27(22)24(11-19)20-5-3-4-18(9-20)14-28/h3-12H,13-16,28H2,1-2H3,(H,29,30). The predicted molar refractivity (Wildman–Crippen MR) is 127 cm³/mol. The molecule has 0 aliphatic heterocycles. The van der Waals surface area contributed by atoms with Crippen LogP contribution < -0.4 is 10.5 Å². The van der Waals surface area contributed by atoms with Crippen molar-refractivity contribution in [2.45, 2.75) is 33.1 Å². The van der Waals surface area contributed by atoms with Crippen LogP contribution >= 0.6 is 0 Å². The van der Waals surface area contributed by atoms with Crippen molar-refractivity contribution in [3.63, 3.8) is 0 Å². The van der Waals surface area contributed by atoms with Crippen molar-refractivity contribution in [2.75, 3.05) is 7.11 Å². The zero-order valence-corrected chi connectivity index (χ0v) is 18.8. The number of carboxylic acid groups (broad SMARTS) is 1. The average Bonchev–Trinajstić information content (AvgIpc) is 3.21. The molecule has 4 aromatic rings. The van der Waals surface area contributed by atoms with Crippen molar-refractivity contribution in [1.82, 2.24) is 0 Å². The maximum Gasteiger partial charge on any atom is 0.307 e. The summed E-state index contributed by atoms with van der Waals surface area (Å²) in [6, 6.07) is 19.7. The number of aryl methyl sites for hydroxylation is 1. The summed E-state index contributed by atoms with van der Waals surface area (Å²) >= 11 is 0. The van der Waals surface area contributed by atoms with E-state index in [2.05, 4.69) is 6.07 Å². The van der Waals surface area contributed by atoms with Crippen LogP contribution in [0.25, 0.3) is 22.1 Å². The molecule has 0 atom stereocenters. The Balaban J connectivity index is 1.73. The van der Waals surface area contributed by atoms with Gasteiger partial charge in [-0.15, -0.1) is 0 Å². The molecule has 6 nitrogen and oxygen atoms in total. The largest absolute Gasteiger partial charge is 0.489 e. The van der Waals surface area contributed by atoms with E-state index >= 15 is 0 Å². The second-order valence-electron chi connectivity index (χ2n) is 8.08. The average molecular weight is 446 g/mol. The number of aliphatic carboxylic acids is 1. The normalized spacial score (nSPS) is 11.1. The first-order valence-electron chi connectivity index (χ1n) is 10.7. The van der Waals surface area contributed by atoms with E-state index in [1.165, 1.54) is 0 Å². The number of hydrogen-bond acceptors (Lipinski definition) is 5. The third-order valence-corrected chi connectivity index (χ3v) is 5.45. The van der Waals surface area contributed by atoms with Gasteiger partial charge in [-0.3, -0.25) is 4.79 Å². The number of fused-ring (bicyclic) bond motifs is 1. The lowest BCUT2D eigenvalue weighted by Gasteiger charge is -2.13. The van der Waals surface area contributed by atoms with Crippen molar-refractivity contribution in [1.29, 1.82) is 0 Å². The van der Waals surface area contributed by atoms with Gasteiger partial charge < -0.3 is 24.7 Å². The fourth-order valence-corrected chi connectivity index (χ4v) is 3.91. The molecule has 6 heteroatoms. The summed E-state index contributed by atoms with van der Waals surface area (Å²) < 4.78 is 17.5. The van der Waals surface area contributed by atoms with E-state index in [1.807, 2.05) is 55.5 Å². The maximum atomic E-state index is 11.3. The van der Waals surface area contributed by atoms with E-state index in [4.69, 9.17) is 19.6 Å². The first-order chi connectivity index (χ1) is 16.0. The van der Waals surface area contributed by atoms with Gasteiger partial charge in [0.2, 0.25) is 0 Å². The Bertz CT molecular complexity index is 1290. The first-order valence-corrected chi connectivity index (χ1v) is 10.7. The summed E-state index contributed by atoms with van der Waals surface area (Å²) in [5, 5.41) is 10.2. The number of nitrogens with two attached hydrogens (primary N) is 1. The highest BCUT2D eigenvalue weighted by Gasteiger charge is 2.14. The van der Waals surface area contributed by atoms with Gasteiger partial charge in [-0.05, 0) is 59.5 Å². The molecule has 1 aromatic heterocycles. The van der Waals surface area contributed by atoms with Crippen LogP contribution in [0.1, 0.15) is 28.0 Å². The van der Waals surface area contributed by atoms with Gasteiger partial charge in [0.25, 0.3) is 0 Å². The molecule has 0 aliphatic rings. The fraction of sp³-hybridized carbons (Fsp3) is 0.222. The minimum absolute atomic E-state index is 0.0894. The molecule has 3 aromatic carbocycles. The molecule has 0 unspecified atom stereocenters. The number of benzene rings is 3. The first kappa shape index (κ1) is 22.6. The zero-order valence-electron chi connectivity index (χ0n) is 18.8. The van der Waals surface area contributed by atoms with Crippen molar-refractivity contribution in [3.8, 4) is 16.9 Å². The van der Waals surface area contributed by atoms with Gasteiger partial charge in [-0.25, -0.2) is 0 Å². The van der Waals surface area contributed by atoms with Crippen LogP contribution in [-0.2, 0) is 35.7 Å². The van der Waals surface area contributed by atoms with Crippen molar-refractivity contribution >= 4 is 16.9 Å². The third kappa shape index (κ3) is 5.25. The van der Waals surface area contributed by atoms with Crippen molar-refractivity contribution in [2.24, 2.45) is 5.73 Å². The number of methoxy groups -OCH3 is 1. The van der Waals surface area contributed by atoms with Crippen molar-refractivity contribution in [3.05, 3.63) is 88.7 Å². The predicted octanol–water partition coefficient (Wildman–Crippen LogP) is 5.22. The summed E-state index contributed by atoms with van der Waals surface area (Å²) in [5.74, 6) is 0.428. The van der Waals surface area contributed by atoms with Gasteiger partial charge in [0.05, 0.1) is 6.42 Å². The van der Waals surface area contributed by atoms with Gasteiger partial charge >= 0.3 is 5.97 Å². The lowest BCUT2D eigenvalue weighted by molar-refractivity contribution is -0.136. The van der Waals surface area contributed by atoms with Gasteiger partial charge in [0.15, 0.2) is 0 Å². The molecule has 0 saturated carbocycles. The molecular formula is C27H27NO5. The number of furan rings is 1. The molecule has 0 bridgehead atoms. The SMILES string of the molecule is COCc1cc2cc(COc3cc(C)ccc3CC(=O)O)cc(-c3cccc(CN)c3)c2o1. The molecule has 0 amide bonds. The van der Waals surface area contributed by atoms with E-state index in [9.17, 15) is 9.90 Å². The molecule has 0 spiro atoms. The van der Waals surface area contributed by atoms with Crippen LogP contribution in [0.4, 0.5) is 0 Å². The van der Waals surface area contributed by atoms with Crippen LogP contribution in [-0.4, -0.2) is 18.2 Å². The summed E-state index contributed by atoms with van der Waals surface area (Å²) in [4.78, 5) is 11.3. The van der Waals surface area contributed by atoms with Crippen LogP contribution in [0.3, 0.4) is 0 Å². The summed E-state index contributed by atoms with van der Waals surface area (Å²) in [5.41, 5.74) is 12.2. The van der Waals surface area contributed by atoms with E-state index in [-0.39, 0.29) is 6.42 Å². The topological polar surface area (TPSA) is 94.9 Å². The minimum Gasteiger partial charge on any atom is -0.489 e. The lowest BCUT2D eigenvalue weighted by Crippen LogP contribution is -2.04. The third-order valence-electron chi connectivity index (χ3n) is 5.45. The Morgan fingerprint density at radius 1 is 1.03 bits per heavy atom. The van der Waals surface area contributed by atoms with Crippen LogP contribution in [0.15, 0.2) is 65.1 Å². The van der Waals surface area contributed by atoms with Gasteiger partial charge in [0.1, 0.15) is 30.3 Å². The quantitative estimate of drug-likeness (QED) is 0.367. The number of rotatable bonds is 9.